The number of carboxylic acid groups (broad SMARTS) is 1. The van der Waals surface area contributed by atoms with Gasteiger partial charge in [0, 0.05) is 18.7 Å². The fourth-order valence-corrected chi connectivity index (χ4v) is 1.88. The maximum atomic E-state index is 8.36. The van der Waals surface area contributed by atoms with E-state index < -0.39 is 0 Å². The van der Waals surface area contributed by atoms with E-state index in [1.54, 1.807) is 0 Å². The van der Waals surface area contributed by atoms with Gasteiger partial charge < -0.3 is 16.2 Å². The summed E-state index contributed by atoms with van der Waals surface area (Å²) in [5, 5.41) is 10.2. The molecule has 0 saturated carbocycles. The van der Waals surface area contributed by atoms with E-state index in [0.29, 0.717) is 0 Å². The smallest absolute Gasteiger partial charge is 0.290 e. The Morgan fingerprint density at radius 2 is 2.00 bits per heavy atom. The maximum Gasteiger partial charge on any atom is 0.290 e. The molecule has 1 aromatic heterocycles. The first-order valence-electron chi connectivity index (χ1n) is 5.88. The molecule has 98 valence electrons. The molecule has 2 bridgehead atoms. The Morgan fingerprint density at radius 1 is 1.37 bits per heavy atom. The third-order valence-corrected chi connectivity index (χ3v) is 2.87. The van der Waals surface area contributed by atoms with E-state index in [2.05, 4.69) is 22.4 Å². The van der Waals surface area contributed by atoms with Gasteiger partial charge in [-0.2, -0.15) is 0 Å². The molecule has 0 atom stereocenters. The predicted molar refractivity (Wildman–Crippen MR) is 73.9 cm³/mol. The van der Waals surface area contributed by atoms with Crippen LogP contribution < -0.4 is 11.1 Å². The minimum Gasteiger partial charge on any atom is -0.483 e. The van der Waals surface area contributed by atoms with Crippen molar-refractivity contribution in [2.45, 2.75) is 13.0 Å². The van der Waals surface area contributed by atoms with Crippen molar-refractivity contribution < 1.29 is 9.90 Å². The number of benzene rings is 1. The molecular formula is C14H15N3O2. The second-order valence-electron chi connectivity index (χ2n) is 4.16. The van der Waals surface area contributed by atoms with E-state index in [9.17, 15) is 0 Å². The molecule has 5 heteroatoms. The molecule has 0 radical (unpaired) electrons. The summed E-state index contributed by atoms with van der Waals surface area (Å²) in [6, 6.07) is 12.3. The first kappa shape index (κ1) is 12.9. The van der Waals surface area contributed by atoms with Crippen LogP contribution in [0.2, 0.25) is 0 Å². The van der Waals surface area contributed by atoms with E-state index in [-0.39, 0.29) is 6.47 Å². The first-order valence-corrected chi connectivity index (χ1v) is 5.88. The fourth-order valence-electron chi connectivity index (χ4n) is 1.88. The monoisotopic (exact) mass is 257 g/mol. The quantitative estimate of drug-likeness (QED) is 0.623. The van der Waals surface area contributed by atoms with Gasteiger partial charge in [0.25, 0.3) is 6.47 Å². The number of nitrogens with zero attached hydrogens (tertiary/aromatic N) is 1. The van der Waals surface area contributed by atoms with Crippen LogP contribution in [0, 0.1) is 0 Å². The number of nitrogen functional groups attached to an aromatic ring is 1. The molecular weight excluding hydrogens is 242 g/mol. The van der Waals surface area contributed by atoms with E-state index in [0.717, 1.165) is 30.2 Å². The zero-order valence-corrected chi connectivity index (χ0v) is 10.3. The van der Waals surface area contributed by atoms with Gasteiger partial charge in [0.1, 0.15) is 5.82 Å². The predicted octanol–water partition coefficient (Wildman–Crippen LogP) is 1.88. The molecule has 19 heavy (non-hydrogen) atoms. The molecule has 2 aromatic rings. The summed E-state index contributed by atoms with van der Waals surface area (Å²) >= 11 is 0. The van der Waals surface area contributed by atoms with Crippen molar-refractivity contribution in [2.24, 2.45) is 0 Å². The molecule has 0 fully saturated rings. The highest BCUT2D eigenvalue weighted by Gasteiger charge is 2.18. The highest BCUT2D eigenvalue weighted by atomic mass is 16.3. The van der Waals surface area contributed by atoms with Crippen molar-refractivity contribution >= 4 is 18.0 Å². The number of nitrogens with one attached hydrogen (secondary N) is 1. The van der Waals surface area contributed by atoms with Gasteiger partial charge in [-0.1, -0.05) is 30.3 Å². The average molecular weight is 257 g/mol. The minimum atomic E-state index is -0.250. The number of hydrogen-bond donors (Lipinski definition) is 3. The number of aromatic nitrogens is 1. The molecule has 0 unspecified atom stereocenters. The van der Waals surface area contributed by atoms with E-state index in [1.807, 2.05) is 24.3 Å². The lowest BCUT2D eigenvalue weighted by Gasteiger charge is -2.20. The molecule has 1 aliphatic carbocycles. The Morgan fingerprint density at radius 3 is 2.58 bits per heavy atom. The number of rotatable bonds is 3. The Balaban J connectivity index is 0.000000408. The average Bonchev–Trinajstić information content (AvgIpc) is 2.38. The molecule has 5 nitrogen and oxygen atoms in total. The maximum absolute atomic E-state index is 8.36. The van der Waals surface area contributed by atoms with Crippen LogP contribution in [0.1, 0.15) is 16.8 Å². The summed E-state index contributed by atoms with van der Waals surface area (Å²) in [6.45, 7) is 0.515. The SMILES string of the molecule is Nc1c2cc(nc1NCc1ccccc1)C2.O=CO. The van der Waals surface area contributed by atoms with Gasteiger partial charge in [0.05, 0.1) is 5.69 Å². The third kappa shape index (κ3) is 3.01. The second kappa shape index (κ2) is 5.86. The van der Waals surface area contributed by atoms with Crippen LogP contribution in [0.5, 0.6) is 0 Å². The molecule has 0 amide bonds. The normalized spacial score (nSPS) is 10.7. The molecule has 0 spiro atoms. The molecule has 0 saturated heterocycles. The Kier molecular flexibility index (Phi) is 3.97. The van der Waals surface area contributed by atoms with Gasteiger partial charge in [-0.3, -0.25) is 4.79 Å². The van der Waals surface area contributed by atoms with Gasteiger partial charge in [0.15, 0.2) is 0 Å². The minimum absolute atomic E-state index is 0.250. The highest BCUT2D eigenvalue weighted by Crippen LogP contribution is 2.31. The van der Waals surface area contributed by atoms with Crippen LogP contribution in [-0.2, 0) is 17.8 Å². The lowest BCUT2D eigenvalue weighted by atomic mass is 9.97. The van der Waals surface area contributed by atoms with Crippen LogP contribution in [0.3, 0.4) is 0 Å². The van der Waals surface area contributed by atoms with E-state index >= 15 is 0 Å². The molecule has 1 aliphatic heterocycles. The van der Waals surface area contributed by atoms with Crippen LogP contribution in [0.15, 0.2) is 36.4 Å². The summed E-state index contributed by atoms with van der Waals surface area (Å²) in [6.07, 6.45) is 0.933. The van der Waals surface area contributed by atoms with Crippen molar-refractivity contribution in [1.29, 1.82) is 0 Å². The number of hydrogen-bond acceptors (Lipinski definition) is 4. The van der Waals surface area contributed by atoms with Crippen LogP contribution >= 0.6 is 0 Å². The summed E-state index contributed by atoms with van der Waals surface area (Å²) in [4.78, 5) is 12.8. The van der Waals surface area contributed by atoms with Crippen LogP contribution in [-0.4, -0.2) is 16.6 Å². The molecule has 2 heterocycles. The molecule has 4 N–H and O–H groups in total. The number of carbonyl (C=O) groups is 1. The molecule has 2 aliphatic rings. The lowest BCUT2D eigenvalue weighted by Crippen LogP contribution is -2.14. The fraction of sp³-hybridized carbons (Fsp3) is 0.143. The summed E-state index contributed by atoms with van der Waals surface area (Å²) in [7, 11) is 0. The van der Waals surface area contributed by atoms with Crippen molar-refractivity contribution in [3.63, 3.8) is 0 Å². The van der Waals surface area contributed by atoms with Gasteiger partial charge in [-0.25, -0.2) is 4.98 Å². The van der Waals surface area contributed by atoms with Crippen molar-refractivity contribution in [3.05, 3.63) is 53.2 Å². The zero-order chi connectivity index (χ0) is 13.7. The summed E-state index contributed by atoms with van der Waals surface area (Å²) < 4.78 is 0. The number of anilines is 2. The summed E-state index contributed by atoms with van der Waals surface area (Å²) in [5.41, 5.74) is 10.3. The van der Waals surface area contributed by atoms with Crippen molar-refractivity contribution in [1.82, 2.24) is 4.98 Å². The largest absolute Gasteiger partial charge is 0.483 e. The lowest BCUT2D eigenvalue weighted by molar-refractivity contribution is -0.122. The van der Waals surface area contributed by atoms with Gasteiger partial charge in [-0.15, -0.1) is 0 Å². The highest BCUT2D eigenvalue weighted by molar-refractivity contribution is 5.70. The topological polar surface area (TPSA) is 88.2 Å². The Hall–Kier alpha value is -2.56. The van der Waals surface area contributed by atoms with Crippen LogP contribution in [0.25, 0.3) is 0 Å². The third-order valence-electron chi connectivity index (χ3n) is 2.87. The number of fused-ring (bicyclic) bond motifs is 2. The van der Waals surface area contributed by atoms with Crippen LogP contribution in [0.4, 0.5) is 11.5 Å². The van der Waals surface area contributed by atoms with Crippen molar-refractivity contribution in [2.75, 3.05) is 11.1 Å². The zero-order valence-electron chi connectivity index (χ0n) is 10.3. The standard InChI is InChI=1S/C13H13N3.CH2O2/c14-12-10-6-11(7-10)16-13(12)15-8-9-4-2-1-3-5-9;2-1-3/h1-6H,7-8,14H2,(H,15,16);1H,(H,2,3). The van der Waals surface area contributed by atoms with E-state index in [1.165, 1.54) is 11.1 Å². The van der Waals surface area contributed by atoms with E-state index in [4.69, 9.17) is 15.6 Å². The Labute approximate surface area is 111 Å². The molecule has 1 aromatic carbocycles. The Bertz CT molecular complexity index is 570. The van der Waals surface area contributed by atoms with Gasteiger partial charge in [0.2, 0.25) is 0 Å². The number of pyridine rings is 1. The number of nitrogens with two attached hydrogens (primary N) is 1. The first-order chi connectivity index (χ1) is 9.24. The second-order valence-corrected chi connectivity index (χ2v) is 4.16. The van der Waals surface area contributed by atoms with Crippen molar-refractivity contribution in [3.8, 4) is 0 Å². The van der Waals surface area contributed by atoms with Gasteiger partial charge >= 0.3 is 0 Å². The summed E-state index contributed by atoms with van der Waals surface area (Å²) in [5.74, 6) is 0.822. The molecule has 4 rings (SSSR count). The van der Waals surface area contributed by atoms with Gasteiger partial charge in [-0.05, 0) is 17.2 Å².